The summed E-state index contributed by atoms with van der Waals surface area (Å²) in [5, 5.41) is 0.675. The first-order chi connectivity index (χ1) is 16.8. The van der Waals surface area contributed by atoms with E-state index in [1.165, 1.54) is 0 Å². The fourth-order valence-electron chi connectivity index (χ4n) is 4.24. The molecular weight excluding hydrogens is 444 g/mol. The monoisotopic (exact) mass is 472 g/mol. The van der Waals surface area contributed by atoms with Crippen molar-refractivity contribution in [1.29, 1.82) is 0 Å². The van der Waals surface area contributed by atoms with Crippen LogP contribution >= 0.6 is 0 Å². The minimum absolute atomic E-state index is 0.120. The molecule has 0 aliphatic heterocycles. The maximum atomic E-state index is 12.7. The number of carbonyl (C=O) groups is 1. The van der Waals surface area contributed by atoms with Crippen molar-refractivity contribution in [1.82, 2.24) is 18.9 Å². The van der Waals surface area contributed by atoms with Crippen LogP contribution in [0.1, 0.15) is 39.4 Å². The zero-order valence-electron chi connectivity index (χ0n) is 20.7. The van der Waals surface area contributed by atoms with E-state index in [-0.39, 0.29) is 17.8 Å². The van der Waals surface area contributed by atoms with E-state index in [0.717, 1.165) is 22.5 Å². The first kappa shape index (κ1) is 22.7. The summed E-state index contributed by atoms with van der Waals surface area (Å²) < 4.78 is 20.8. The number of esters is 1. The summed E-state index contributed by atoms with van der Waals surface area (Å²) in [6.45, 7) is 7.83. The highest BCUT2D eigenvalue weighted by atomic mass is 16.5. The van der Waals surface area contributed by atoms with Crippen molar-refractivity contribution < 1.29 is 19.0 Å². The Bertz CT molecular complexity index is 1580. The predicted octanol–water partition coefficient (Wildman–Crippen LogP) is 5.53. The van der Waals surface area contributed by atoms with Crippen LogP contribution in [0.4, 0.5) is 0 Å². The van der Waals surface area contributed by atoms with E-state index in [0.29, 0.717) is 33.9 Å². The van der Waals surface area contributed by atoms with E-state index in [9.17, 15) is 4.79 Å². The number of ether oxygens (including phenoxy) is 3. The molecule has 0 spiro atoms. The van der Waals surface area contributed by atoms with Gasteiger partial charge in [0.15, 0.2) is 28.5 Å². The molecule has 0 atom stereocenters. The van der Waals surface area contributed by atoms with Crippen LogP contribution in [0.25, 0.3) is 33.4 Å². The fraction of sp³-hybridized carbons (Fsp3) is 0.296. The van der Waals surface area contributed by atoms with Crippen LogP contribution in [-0.4, -0.2) is 39.1 Å². The van der Waals surface area contributed by atoms with Crippen LogP contribution in [0, 0.1) is 5.92 Å². The summed E-state index contributed by atoms with van der Waals surface area (Å²) in [5.41, 5.74) is 3.95. The van der Waals surface area contributed by atoms with Gasteiger partial charge in [0.05, 0.1) is 43.1 Å². The highest BCUT2D eigenvalue weighted by Gasteiger charge is 2.25. The van der Waals surface area contributed by atoms with Crippen molar-refractivity contribution >= 4 is 33.7 Å². The van der Waals surface area contributed by atoms with Gasteiger partial charge in [0, 0.05) is 12.0 Å². The Labute approximate surface area is 203 Å². The summed E-state index contributed by atoms with van der Waals surface area (Å²) >= 11 is 0. The third kappa shape index (κ3) is 3.65. The minimum Gasteiger partial charge on any atom is -0.493 e. The Balaban J connectivity index is 1.89. The van der Waals surface area contributed by atoms with Crippen LogP contribution in [-0.2, 0) is 4.79 Å². The molecule has 0 aliphatic carbocycles. The third-order valence-electron chi connectivity index (χ3n) is 6.02. The standard InChI is InChI=1S/C27H28N4O4/c1-15(2)24-29-25-23(26-28-18-9-7-8-10-19(18)31(24)26)22(35-27(32)16(3)4)14-30(25)17-11-12-20(33-5)21(13-17)34-6/h7-16H,1-6H3. The zero-order chi connectivity index (χ0) is 24.9. The van der Waals surface area contributed by atoms with Gasteiger partial charge in [-0.3, -0.25) is 13.8 Å². The van der Waals surface area contributed by atoms with Crippen molar-refractivity contribution in [2.45, 2.75) is 33.6 Å². The van der Waals surface area contributed by atoms with E-state index >= 15 is 0 Å². The first-order valence-electron chi connectivity index (χ1n) is 11.6. The smallest absolute Gasteiger partial charge is 0.313 e. The fourth-order valence-corrected chi connectivity index (χ4v) is 4.24. The Hall–Kier alpha value is -4.07. The largest absolute Gasteiger partial charge is 0.493 e. The molecule has 5 rings (SSSR count). The van der Waals surface area contributed by atoms with Crippen molar-refractivity contribution in [2.75, 3.05) is 14.2 Å². The number of methoxy groups -OCH3 is 2. The number of benzene rings is 2. The molecule has 2 aromatic carbocycles. The summed E-state index contributed by atoms with van der Waals surface area (Å²) in [5.74, 6) is 2.00. The van der Waals surface area contributed by atoms with Crippen molar-refractivity contribution in [3.63, 3.8) is 0 Å². The maximum Gasteiger partial charge on any atom is 0.313 e. The van der Waals surface area contributed by atoms with Crippen LogP contribution in [0.2, 0.25) is 0 Å². The Kier molecular flexibility index (Phi) is 5.59. The van der Waals surface area contributed by atoms with E-state index in [1.807, 2.05) is 60.9 Å². The molecule has 0 N–H and O–H groups in total. The van der Waals surface area contributed by atoms with Gasteiger partial charge in [-0.2, -0.15) is 0 Å². The number of nitrogens with zero attached hydrogens (tertiary/aromatic N) is 4. The van der Waals surface area contributed by atoms with Gasteiger partial charge >= 0.3 is 5.97 Å². The first-order valence-corrected chi connectivity index (χ1v) is 11.6. The van der Waals surface area contributed by atoms with Crippen LogP contribution in [0.3, 0.4) is 0 Å². The zero-order valence-corrected chi connectivity index (χ0v) is 20.7. The van der Waals surface area contributed by atoms with Crippen LogP contribution in [0.15, 0.2) is 48.7 Å². The van der Waals surface area contributed by atoms with E-state index in [1.54, 1.807) is 20.4 Å². The second-order valence-electron chi connectivity index (χ2n) is 9.06. The SMILES string of the molecule is COc1ccc(-n2cc(OC(=O)C(C)C)c3c2nc(C(C)C)n2c4ccccc4nc32)cc1OC. The van der Waals surface area contributed by atoms with Gasteiger partial charge in [-0.05, 0) is 24.3 Å². The van der Waals surface area contributed by atoms with Gasteiger partial charge in [0.1, 0.15) is 11.2 Å². The Morgan fingerprint density at radius 1 is 0.886 bits per heavy atom. The van der Waals surface area contributed by atoms with Gasteiger partial charge in [-0.25, -0.2) is 9.97 Å². The van der Waals surface area contributed by atoms with Crippen molar-refractivity contribution in [2.24, 2.45) is 5.92 Å². The molecule has 8 nitrogen and oxygen atoms in total. The number of para-hydroxylation sites is 2. The minimum atomic E-state index is -0.321. The Morgan fingerprint density at radius 3 is 2.31 bits per heavy atom. The molecular formula is C27H28N4O4. The molecule has 0 bridgehead atoms. The van der Waals surface area contributed by atoms with Gasteiger partial charge in [0.2, 0.25) is 0 Å². The number of aromatic nitrogens is 4. The number of rotatable bonds is 6. The molecule has 0 aliphatic rings. The number of carbonyl (C=O) groups excluding carboxylic acids is 1. The summed E-state index contributed by atoms with van der Waals surface area (Å²) in [6, 6.07) is 13.6. The van der Waals surface area contributed by atoms with E-state index in [2.05, 4.69) is 18.2 Å². The van der Waals surface area contributed by atoms with E-state index < -0.39 is 0 Å². The topological polar surface area (TPSA) is 79.9 Å². The summed E-state index contributed by atoms with van der Waals surface area (Å²) in [7, 11) is 3.20. The second kappa shape index (κ2) is 8.61. The lowest BCUT2D eigenvalue weighted by molar-refractivity contribution is -0.137. The molecule has 3 heterocycles. The maximum absolute atomic E-state index is 12.7. The lowest BCUT2D eigenvalue weighted by atomic mass is 10.2. The van der Waals surface area contributed by atoms with Crippen LogP contribution in [0.5, 0.6) is 17.2 Å². The van der Waals surface area contributed by atoms with E-state index in [4.69, 9.17) is 24.2 Å². The van der Waals surface area contributed by atoms with Crippen LogP contribution < -0.4 is 14.2 Å². The lowest BCUT2D eigenvalue weighted by Gasteiger charge is -2.13. The van der Waals surface area contributed by atoms with Gasteiger partial charge in [0.25, 0.3) is 0 Å². The average molecular weight is 473 g/mol. The summed E-state index contributed by atoms with van der Waals surface area (Å²) in [4.78, 5) is 22.7. The number of hydrogen-bond acceptors (Lipinski definition) is 6. The van der Waals surface area contributed by atoms with Gasteiger partial charge in [-0.1, -0.05) is 39.8 Å². The molecule has 0 amide bonds. The number of imidazole rings is 1. The highest BCUT2D eigenvalue weighted by molar-refractivity contribution is 6.01. The predicted molar refractivity (Wildman–Crippen MR) is 135 cm³/mol. The molecule has 35 heavy (non-hydrogen) atoms. The van der Waals surface area contributed by atoms with Crippen molar-refractivity contribution in [3.05, 3.63) is 54.5 Å². The molecule has 0 saturated heterocycles. The van der Waals surface area contributed by atoms with Crippen molar-refractivity contribution in [3.8, 4) is 22.9 Å². The second-order valence-corrected chi connectivity index (χ2v) is 9.06. The third-order valence-corrected chi connectivity index (χ3v) is 6.02. The normalized spacial score (nSPS) is 11.8. The molecule has 180 valence electrons. The molecule has 0 fully saturated rings. The number of fused-ring (bicyclic) bond motifs is 5. The highest BCUT2D eigenvalue weighted by Crippen LogP contribution is 2.38. The average Bonchev–Trinajstić information content (AvgIpc) is 3.41. The molecule has 0 radical (unpaired) electrons. The number of hydrogen-bond donors (Lipinski definition) is 0. The molecule has 0 unspecified atom stereocenters. The lowest BCUT2D eigenvalue weighted by Crippen LogP contribution is -2.14. The summed E-state index contributed by atoms with van der Waals surface area (Å²) in [6.07, 6.45) is 1.79. The quantitative estimate of drug-likeness (QED) is 0.302. The van der Waals surface area contributed by atoms with Gasteiger partial charge < -0.3 is 14.2 Å². The molecule has 3 aromatic heterocycles. The molecule has 5 aromatic rings. The molecule has 8 heteroatoms. The molecule has 0 saturated carbocycles. The van der Waals surface area contributed by atoms with Gasteiger partial charge in [-0.15, -0.1) is 0 Å². The Morgan fingerprint density at radius 2 is 1.63 bits per heavy atom.